The van der Waals surface area contributed by atoms with Gasteiger partial charge >= 0.3 is 6.03 Å². The van der Waals surface area contributed by atoms with Gasteiger partial charge < -0.3 is 20.6 Å². The summed E-state index contributed by atoms with van der Waals surface area (Å²) in [5, 5.41) is 16.2. The second-order valence-electron chi connectivity index (χ2n) is 6.86. The molecule has 6 nitrogen and oxygen atoms in total. The van der Waals surface area contributed by atoms with Crippen LogP contribution in [-0.4, -0.2) is 29.7 Å². The molecule has 0 bridgehead atoms. The first-order chi connectivity index (χ1) is 13.0. The summed E-state index contributed by atoms with van der Waals surface area (Å²) in [6.45, 7) is 0.664. The highest BCUT2D eigenvalue weighted by atomic mass is 35.5. The first-order valence-electron chi connectivity index (χ1n) is 8.96. The van der Waals surface area contributed by atoms with Crippen molar-refractivity contribution in [3.05, 3.63) is 58.6 Å². The molecule has 3 amide bonds. The molecular weight excluding hydrogens is 366 g/mol. The molecule has 2 atom stereocenters. The highest BCUT2D eigenvalue weighted by Gasteiger charge is 2.32. The lowest BCUT2D eigenvalue weighted by Gasteiger charge is -2.20. The van der Waals surface area contributed by atoms with Gasteiger partial charge in [0.1, 0.15) is 0 Å². The smallest absolute Gasteiger partial charge is 0.319 e. The molecule has 2 aromatic rings. The molecule has 4 rings (SSSR count). The van der Waals surface area contributed by atoms with E-state index in [1.165, 1.54) is 0 Å². The first-order valence-corrected chi connectivity index (χ1v) is 9.34. The fourth-order valence-corrected chi connectivity index (χ4v) is 3.91. The highest BCUT2D eigenvalue weighted by molar-refractivity contribution is 6.33. The van der Waals surface area contributed by atoms with Crippen LogP contribution in [-0.2, 0) is 11.2 Å². The zero-order valence-corrected chi connectivity index (χ0v) is 15.4. The van der Waals surface area contributed by atoms with E-state index in [2.05, 4.69) is 10.6 Å². The van der Waals surface area contributed by atoms with Crippen LogP contribution in [0.4, 0.5) is 16.2 Å². The summed E-state index contributed by atoms with van der Waals surface area (Å²) < 4.78 is 0. The predicted octanol–water partition coefficient (Wildman–Crippen LogP) is 3.25. The van der Waals surface area contributed by atoms with Gasteiger partial charge in [-0.3, -0.25) is 4.79 Å². The number of halogens is 1. The number of fused-ring (bicyclic) bond motifs is 1. The molecule has 2 aromatic carbocycles. The molecule has 0 aromatic heterocycles. The fourth-order valence-electron chi connectivity index (χ4n) is 3.75. The first kappa shape index (κ1) is 17.8. The molecule has 1 aliphatic heterocycles. The Morgan fingerprint density at radius 1 is 1.22 bits per heavy atom. The van der Waals surface area contributed by atoms with Gasteiger partial charge in [0.25, 0.3) is 0 Å². The Kier molecular flexibility index (Phi) is 4.76. The summed E-state index contributed by atoms with van der Waals surface area (Å²) in [6.07, 6.45) is 1.19. The maximum Gasteiger partial charge on any atom is 0.319 e. The van der Waals surface area contributed by atoms with Gasteiger partial charge in [-0.05, 0) is 35.7 Å². The quantitative estimate of drug-likeness (QED) is 0.758. The zero-order valence-electron chi connectivity index (χ0n) is 14.6. The molecule has 7 heteroatoms. The van der Waals surface area contributed by atoms with Crippen molar-refractivity contribution in [3.8, 4) is 0 Å². The van der Waals surface area contributed by atoms with E-state index < -0.39 is 18.2 Å². The van der Waals surface area contributed by atoms with Crippen LogP contribution in [0.3, 0.4) is 0 Å². The Morgan fingerprint density at radius 3 is 2.81 bits per heavy atom. The highest BCUT2D eigenvalue weighted by Crippen LogP contribution is 2.32. The number of hydrogen-bond acceptors (Lipinski definition) is 3. The molecule has 1 aliphatic carbocycles. The summed E-state index contributed by atoms with van der Waals surface area (Å²) in [7, 11) is 0. The number of aliphatic hydroxyl groups is 1. The van der Waals surface area contributed by atoms with Crippen LogP contribution in [0.25, 0.3) is 0 Å². The van der Waals surface area contributed by atoms with Crippen molar-refractivity contribution in [1.82, 2.24) is 5.32 Å². The molecule has 0 spiro atoms. The lowest BCUT2D eigenvalue weighted by molar-refractivity contribution is -0.117. The van der Waals surface area contributed by atoms with Crippen LogP contribution < -0.4 is 15.5 Å². The molecule has 1 heterocycles. The van der Waals surface area contributed by atoms with E-state index in [4.69, 9.17) is 11.6 Å². The molecule has 1 fully saturated rings. The van der Waals surface area contributed by atoms with Gasteiger partial charge in [-0.25, -0.2) is 4.79 Å². The number of benzene rings is 2. The van der Waals surface area contributed by atoms with Crippen LogP contribution in [0, 0.1) is 0 Å². The number of nitrogens with one attached hydrogen (secondary N) is 2. The van der Waals surface area contributed by atoms with Gasteiger partial charge in [-0.2, -0.15) is 0 Å². The molecule has 0 unspecified atom stereocenters. The minimum absolute atomic E-state index is 0.0680. The van der Waals surface area contributed by atoms with Crippen LogP contribution in [0.15, 0.2) is 42.5 Å². The zero-order chi connectivity index (χ0) is 19.0. The van der Waals surface area contributed by atoms with E-state index in [1.807, 2.05) is 24.3 Å². The second-order valence-corrected chi connectivity index (χ2v) is 7.27. The molecular formula is C20H20ClN3O3. The number of aliphatic hydroxyl groups excluding tert-OH is 1. The minimum Gasteiger partial charge on any atom is -0.390 e. The Bertz CT molecular complexity index is 902. The number of hydrogen-bond donors (Lipinski definition) is 3. The van der Waals surface area contributed by atoms with Crippen molar-refractivity contribution < 1.29 is 14.7 Å². The topological polar surface area (TPSA) is 81.7 Å². The number of nitrogens with zero attached hydrogens (tertiary/aromatic N) is 1. The molecule has 27 heavy (non-hydrogen) atoms. The number of anilines is 2. The van der Waals surface area contributed by atoms with E-state index >= 15 is 0 Å². The van der Waals surface area contributed by atoms with Crippen molar-refractivity contribution in [2.45, 2.75) is 31.4 Å². The Balaban J connectivity index is 1.49. The summed E-state index contributed by atoms with van der Waals surface area (Å²) in [4.78, 5) is 26.1. The summed E-state index contributed by atoms with van der Waals surface area (Å²) in [5.74, 6) is 0.0680. The van der Waals surface area contributed by atoms with Gasteiger partial charge in [-0.15, -0.1) is 0 Å². The number of carbonyl (C=O) groups excluding carboxylic acids is 2. The lowest BCUT2D eigenvalue weighted by atomic mass is 10.1. The van der Waals surface area contributed by atoms with Crippen LogP contribution in [0.1, 0.15) is 30.0 Å². The third-order valence-corrected chi connectivity index (χ3v) is 5.40. The van der Waals surface area contributed by atoms with E-state index in [-0.39, 0.29) is 5.91 Å². The number of carbonyl (C=O) groups is 2. The third kappa shape index (κ3) is 3.50. The average molecular weight is 386 g/mol. The van der Waals surface area contributed by atoms with Gasteiger partial charge in [0.2, 0.25) is 5.91 Å². The minimum atomic E-state index is -0.669. The number of rotatable bonds is 3. The Hall–Kier alpha value is -2.57. The summed E-state index contributed by atoms with van der Waals surface area (Å²) in [5.41, 5.74) is 3.08. The normalized spacial score (nSPS) is 21.3. The Morgan fingerprint density at radius 2 is 2.04 bits per heavy atom. The van der Waals surface area contributed by atoms with Gasteiger partial charge in [0.15, 0.2) is 0 Å². The molecule has 3 N–H and O–H groups in total. The molecule has 2 aliphatic rings. The van der Waals surface area contributed by atoms with Crippen LogP contribution >= 0.6 is 11.6 Å². The molecule has 0 saturated carbocycles. The second kappa shape index (κ2) is 7.21. The lowest BCUT2D eigenvalue weighted by Crippen LogP contribution is -2.36. The van der Waals surface area contributed by atoms with Crippen LogP contribution in [0.2, 0.25) is 5.02 Å². The fraction of sp³-hybridized carbons (Fsp3) is 0.300. The van der Waals surface area contributed by atoms with E-state index in [9.17, 15) is 14.7 Å². The maximum atomic E-state index is 12.5. The average Bonchev–Trinajstić information content (AvgIpc) is 3.20. The van der Waals surface area contributed by atoms with Crippen molar-refractivity contribution >= 4 is 34.9 Å². The van der Waals surface area contributed by atoms with E-state index in [0.717, 1.165) is 17.5 Å². The summed E-state index contributed by atoms with van der Waals surface area (Å²) >= 11 is 6.21. The van der Waals surface area contributed by atoms with Gasteiger partial charge in [0.05, 0.1) is 22.9 Å². The molecule has 0 radical (unpaired) electrons. The standard InChI is InChI=1S/C20H20ClN3O3/c21-15-8-7-13(24-9-3-6-18(24)26)11-16(15)22-20(27)23-19-14-5-2-1-4-12(14)10-17(19)25/h1-2,4-5,7-8,11,17,19,25H,3,6,9-10H2,(H2,22,23,27)/t17-,19+/m0/s1. The third-order valence-electron chi connectivity index (χ3n) is 5.07. The maximum absolute atomic E-state index is 12.5. The predicted molar refractivity (Wildman–Crippen MR) is 104 cm³/mol. The molecule has 140 valence electrons. The monoisotopic (exact) mass is 385 g/mol. The Labute approximate surface area is 162 Å². The van der Waals surface area contributed by atoms with Crippen molar-refractivity contribution in [2.24, 2.45) is 0 Å². The molecule has 1 saturated heterocycles. The van der Waals surface area contributed by atoms with Crippen molar-refractivity contribution in [2.75, 3.05) is 16.8 Å². The van der Waals surface area contributed by atoms with Crippen molar-refractivity contribution in [1.29, 1.82) is 0 Å². The largest absolute Gasteiger partial charge is 0.390 e. The van der Waals surface area contributed by atoms with E-state index in [0.29, 0.717) is 35.8 Å². The number of amides is 3. The SMILES string of the molecule is O=C(Nc1cc(N2CCCC2=O)ccc1Cl)N[C@@H]1c2ccccc2C[C@@H]1O. The van der Waals surface area contributed by atoms with Gasteiger partial charge in [0, 0.05) is 25.1 Å². The van der Waals surface area contributed by atoms with Crippen molar-refractivity contribution in [3.63, 3.8) is 0 Å². The van der Waals surface area contributed by atoms with E-state index in [1.54, 1.807) is 23.1 Å². The van der Waals surface area contributed by atoms with Crippen LogP contribution in [0.5, 0.6) is 0 Å². The summed E-state index contributed by atoms with van der Waals surface area (Å²) in [6, 6.07) is 11.9. The number of urea groups is 1. The van der Waals surface area contributed by atoms with Gasteiger partial charge in [-0.1, -0.05) is 35.9 Å².